The third-order valence-electron chi connectivity index (χ3n) is 4.16. The molecule has 1 aromatic heterocycles. The number of benzene rings is 2. The van der Waals surface area contributed by atoms with Crippen LogP contribution >= 0.6 is 11.6 Å². The zero-order valence-corrected chi connectivity index (χ0v) is 15.1. The first kappa shape index (κ1) is 18.0. The number of halogens is 1. The number of hydrogen-bond donors (Lipinski definition) is 0. The highest BCUT2D eigenvalue weighted by molar-refractivity contribution is 6.31. The van der Waals surface area contributed by atoms with Crippen molar-refractivity contribution in [2.24, 2.45) is 0 Å². The van der Waals surface area contributed by atoms with Gasteiger partial charge in [-0.3, -0.25) is 4.79 Å². The molecule has 5 nitrogen and oxygen atoms in total. The Hall–Kier alpha value is -2.79. The molecular formula is C20H17ClO5. The number of carbonyl (C=O) groups is 1. The lowest BCUT2D eigenvalue weighted by molar-refractivity contribution is -0.139. The van der Waals surface area contributed by atoms with Crippen molar-refractivity contribution < 1.29 is 18.7 Å². The molecule has 2 aromatic carbocycles. The maximum Gasteiger partial charge on any atom is 0.340 e. The minimum atomic E-state index is -0.552. The van der Waals surface area contributed by atoms with Crippen LogP contribution in [0.1, 0.15) is 16.7 Å². The van der Waals surface area contributed by atoms with E-state index in [1.165, 1.54) is 7.11 Å². The van der Waals surface area contributed by atoms with Crippen molar-refractivity contribution in [3.05, 3.63) is 74.6 Å². The second-order valence-electron chi connectivity index (χ2n) is 5.78. The molecule has 0 atom stereocenters. The highest BCUT2D eigenvalue weighted by Crippen LogP contribution is 2.25. The van der Waals surface area contributed by atoms with E-state index in [4.69, 9.17) is 20.8 Å². The van der Waals surface area contributed by atoms with Gasteiger partial charge < -0.3 is 13.9 Å². The molecule has 0 fully saturated rings. The van der Waals surface area contributed by atoms with E-state index in [0.29, 0.717) is 34.1 Å². The summed E-state index contributed by atoms with van der Waals surface area (Å²) in [6.07, 6.45) is -0.120. The molecule has 0 aliphatic heterocycles. The van der Waals surface area contributed by atoms with Gasteiger partial charge in [-0.15, -0.1) is 0 Å². The van der Waals surface area contributed by atoms with Crippen LogP contribution in [0.15, 0.2) is 51.7 Å². The number of rotatable bonds is 5. The molecule has 1 heterocycles. The molecule has 3 rings (SSSR count). The largest absolute Gasteiger partial charge is 0.489 e. The smallest absolute Gasteiger partial charge is 0.340 e. The van der Waals surface area contributed by atoms with Crippen LogP contribution in [0.4, 0.5) is 0 Å². The molecule has 0 aliphatic carbocycles. The summed E-state index contributed by atoms with van der Waals surface area (Å²) in [5.41, 5.74) is 1.70. The Bertz CT molecular complexity index is 1020. The average Bonchev–Trinajstić information content (AvgIpc) is 2.64. The predicted molar refractivity (Wildman–Crippen MR) is 98.7 cm³/mol. The van der Waals surface area contributed by atoms with E-state index in [1.807, 2.05) is 18.2 Å². The summed E-state index contributed by atoms with van der Waals surface area (Å²) < 4.78 is 15.7. The van der Waals surface area contributed by atoms with Gasteiger partial charge in [-0.1, -0.05) is 29.8 Å². The van der Waals surface area contributed by atoms with Gasteiger partial charge in [0.05, 0.1) is 19.1 Å². The van der Waals surface area contributed by atoms with Crippen molar-refractivity contribution in [3.8, 4) is 5.75 Å². The standard InChI is InChI=1S/C20H17ClO5/c1-12-15-8-7-14(25-11-13-5-3-4-6-17(13)21)9-18(15)26-20(23)16(12)10-19(22)24-2/h3-9H,10-11H2,1-2H3. The Labute approximate surface area is 155 Å². The van der Waals surface area contributed by atoms with Crippen molar-refractivity contribution in [1.82, 2.24) is 0 Å². The zero-order chi connectivity index (χ0) is 18.7. The van der Waals surface area contributed by atoms with Crippen molar-refractivity contribution in [2.75, 3.05) is 7.11 Å². The van der Waals surface area contributed by atoms with E-state index < -0.39 is 11.6 Å². The van der Waals surface area contributed by atoms with Gasteiger partial charge in [0.25, 0.3) is 0 Å². The van der Waals surface area contributed by atoms with Crippen LogP contribution in [0, 0.1) is 6.92 Å². The van der Waals surface area contributed by atoms with Crippen LogP contribution in [0.25, 0.3) is 11.0 Å². The summed E-state index contributed by atoms with van der Waals surface area (Å²) in [6, 6.07) is 12.7. The zero-order valence-electron chi connectivity index (χ0n) is 14.4. The molecule has 0 spiro atoms. The summed E-state index contributed by atoms with van der Waals surface area (Å²) in [5.74, 6) is 0.0696. The third kappa shape index (κ3) is 3.73. The Morgan fingerprint density at radius 3 is 2.69 bits per heavy atom. The van der Waals surface area contributed by atoms with Gasteiger partial charge in [0.1, 0.15) is 17.9 Å². The summed E-state index contributed by atoms with van der Waals surface area (Å²) in [6.45, 7) is 2.08. The lowest BCUT2D eigenvalue weighted by atomic mass is 10.0. The fourth-order valence-electron chi connectivity index (χ4n) is 2.66. The Balaban J connectivity index is 1.89. The maximum absolute atomic E-state index is 12.2. The minimum absolute atomic E-state index is 0.120. The predicted octanol–water partition coefficient (Wildman–Crippen LogP) is 4.05. The second kappa shape index (κ2) is 7.62. The van der Waals surface area contributed by atoms with Crippen LogP contribution < -0.4 is 10.4 Å². The van der Waals surface area contributed by atoms with Crippen molar-refractivity contribution in [3.63, 3.8) is 0 Å². The van der Waals surface area contributed by atoms with Crippen LogP contribution in [-0.2, 0) is 22.6 Å². The Morgan fingerprint density at radius 1 is 1.19 bits per heavy atom. The summed E-state index contributed by atoms with van der Waals surface area (Å²) in [5, 5.41) is 1.37. The quantitative estimate of drug-likeness (QED) is 0.499. The maximum atomic E-state index is 12.2. The van der Waals surface area contributed by atoms with Gasteiger partial charge >= 0.3 is 11.6 Å². The van der Waals surface area contributed by atoms with E-state index in [-0.39, 0.29) is 6.42 Å². The van der Waals surface area contributed by atoms with Crippen molar-refractivity contribution in [2.45, 2.75) is 20.0 Å². The monoisotopic (exact) mass is 372 g/mol. The molecule has 0 radical (unpaired) electrons. The van der Waals surface area contributed by atoms with Crippen LogP contribution in [-0.4, -0.2) is 13.1 Å². The number of methoxy groups -OCH3 is 1. The van der Waals surface area contributed by atoms with Gasteiger partial charge in [0, 0.05) is 22.0 Å². The van der Waals surface area contributed by atoms with E-state index >= 15 is 0 Å². The molecule has 0 saturated heterocycles. The first-order chi connectivity index (χ1) is 12.5. The SMILES string of the molecule is COC(=O)Cc1c(C)c2ccc(OCc3ccccc3Cl)cc2oc1=O. The lowest BCUT2D eigenvalue weighted by Gasteiger charge is -2.10. The van der Waals surface area contributed by atoms with Crippen molar-refractivity contribution in [1.29, 1.82) is 0 Å². The fourth-order valence-corrected chi connectivity index (χ4v) is 2.85. The molecule has 6 heteroatoms. The van der Waals surface area contributed by atoms with E-state index in [9.17, 15) is 9.59 Å². The number of ether oxygens (including phenoxy) is 2. The average molecular weight is 373 g/mol. The summed E-state index contributed by atoms with van der Waals surface area (Å²) >= 11 is 6.12. The topological polar surface area (TPSA) is 65.7 Å². The minimum Gasteiger partial charge on any atom is -0.489 e. The number of carbonyl (C=O) groups excluding carboxylic acids is 1. The fraction of sp³-hybridized carbons (Fsp3) is 0.200. The van der Waals surface area contributed by atoms with E-state index in [2.05, 4.69) is 4.74 Å². The molecular weight excluding hydrogens is 356 g/mol. The lowest BCUT2D eigenvalue weighted by Crippen LogP contribution is -2.16. The summed E-state index contributed by atoms with van der Waals surface area (Å²) in [7, 11) is 1.28. The van der Waals surface area contributed by atoms with Crippen LogP contribution in [0.5, 0.6) is 5.75 Å². The normalized spacial score (nSPS) is 10.7. The van der Waals surface area contributed by atoms with Gasteiger partial charge in [0.15, 0.2) is 0 Å². The highest BCUT2D eigenvalue weighted by atomic mass is 35.5. The van der Waals surface area contributed by atoms with Crippen LogP contribution in [0.2, 0.25) is 5.02 Å². The number of aryl methyl sites for hydroxylation is 1. The summed E-state index contributed by atoms with van der Waals surface area (Å²) in [4.78, 5) is 23.7. The Kier molecular flexibility index (Phi) is 5.28. The molecule has 0 aliphatic rings. The first-order valence-electron chi connectivity index (χ1n) is 7.99. The molecule has 0 saturated carbocycles. The number of fused-ring (bicyclic) bond motifs is 1. The van der Waals surface area contributed by atoms with Crippen LogP contribution in [0.3, 0.4) is 0 Å². The highest BCUT2D eigenvalue weighted by Gasteiger charge is 2.15. The Morgan fingerprint density at radius 2 is 1.96 bits per heavy atom. The van der Waals surface area contributed by atoms with Gasteiger partial charge in [-0.2, -0.15) is 0 Å². The van der Waals surface area contributed by atoms with Crippen molar-refractivity contribution >= 4 is 28.5 Å². The van der Waals surface area contributed by atoms with Gasteiger partial charge in [0.2, 0.25) is 0 Å². The molecule has 0 bridgehead atoms. The first-order valence-corrected chi connectivity index (χ1v) is 8.36. The molecule has 0 amide bonds. The molecule has 26 heavy (non-hydrogen) atoms. The van der Waals surface area contributed by atoms with Gasteiger partial charge in [-0.25, -0.2) is 4.79 Å². The van der Waals surface area contributed by atoms with Gasteiger partial charge in [-0.05, 0) is 30.7 Å². The third-order valence-corrected chi connectivity index (χ3v) is 4.53. The second-order valence-corrected chi connectivity index (χ2v) is 6.19. The number of esters is 1. The molecule has 0 unspecified atom stereocenters. The number of hydrogen-bond acceptors (Lipinski definition) is 5. The molecule has 3 aromatic rings. The van der Waals surface area contributed by atoms with E-state index in [0.717, 1.165) is 10.9 Å². The molecule has 0 N–H and O–H groups in total. The molecule has 134 valence electrons. The van der Waals surface area contributed by atoms with E-state index in [1.54, 1.807) is 31.2 Å².